The largest absolute Gasteiger partial charge is 0.497 e. The molecule has 5 aromatic rings. The molecule has 5 rings (SSSR count). The summed E-state index contributed by atoms with van der Waals surface area (Å²) < 4.78 is 8.27. The van der Waals surface area contributed by atoms with E-state index in [1.807, 2.05) is 0 Å². The van der Waals surface area contributed by atoms with Gasteiger partial charge in [0.2, 0.25) is 0 Å². The number of amides is 1. The fraction of sp³-hybridized carbons (Fsp3) is 0.172. The van der Waals surface area contributed by atoms with Crippen molar-refractivity contribution in [3.8, 4) is 34.2 Å². The maximum Gasteiger partial charge on any atom is 0.323 e. The van der Waals surface area contributed by atoms with E-state index < -0.39 is 17.4 Å². The molecule has 0 radical (unpaired) electrons. The number of hydrogen-bond donors (Lipinski definition) is 3. The predicted molar refractivity (Wildman–Crippen MR) is 162 cm³/mol. The molecule has 15 nitrogen and oxygen atoms in total. The summed E-state index contributed by atoms with van der Waals surface area (Å²) in [5.74, 6) is -0.572. The minimum absolute atomic E-state index is 0.0143. The van der Waals surface area contributed by atoms with Crippen molar-refractivity contribution in [3.63, 3.8) is 0 Å². The molecule has 0 aliphatic carbocycles. The van der Waals surface area contributed by atoms with Crippen molar-refractivity contribution in [2.45, 2.75) is 6.92 Å². The number of ether oxygens (including phenoxy) is 1. The number of nitrogens with one attached hydrogen (secondary N) is 1. The topological polar surface area (TPSA) is 196 Å². The standard InChI is InChI=1S/C29H28N10O5/c1-16-25(29(43)39(38(16)3)18-6-5-7-19(10-18)44-4)28(42)34-17-8-9-20(32-11-17)26-27(30)33-13-22(36-26)21-12-31-14-23(35-21)37(2)15-24(40)41/h5-14H,15H2,1-4H3,(H2,30,33)(H,34,42)(H,40,41). The first kappa shape index (κ1) is 29.4. The molecule has 0 bridgehead atoms. The first-order valence-corrected chi connectivity index (χ1v) is 13.2. The van der Waals surface area contributed by atoms with Gasteiger partial charge in [-0.15, -0.1) is 0 Å². The van der Waals surface area contributed by atoms with Gasteiger partial charge in [0.25, 0.3) is 11.5 Å². The Balaban J connectivity index is 1.38. The van der Waals surface area contributed by atoms with E-state index >= 15 is 0 Å². The zero-order chi connectivity index (χ0) is 31.5. The SMILES string of the molecule is COc1cccc(-n2c(=O)c(C(=O)Nc3ccc(-c4nc(-c5cncc(N(C)CC(=O)O)n5)cnc4N)nc3)c(C)n2C)c1. The smallest absolute Gasteiger partial charge is 0.323 e. The van der Waals surface area contributed by atoms with Crippen molar-refractivity contribution in [2.75, 3.05) is 36.7 Å². The van der Waals surface area contributed by atoms with Gasteiger partial charge in [-0.1, -0.05) is 6.07 Å². The summed E-state index contributed by atoms with van der Waals surface area (Å²) >= 11 is 0. The number of aliphatic carboxylic acids is 1. The van der Waals surface area contributed by atoms with Gasteiger partial charge in [-0.05, 0) is 31.2 Å². The molecule has 0 saturated heterocycles. The summed E-state index contributed by atoms with van der Waals surface area (Å²) in [6, 6.07) is 10.2. The van der Waals surface area contributed by atoms with Crippen LogP contribution in [0.5, 0.6) is 5.75 Å². The van der Waals surface area contributed by atoms with Crippen molar-refractivity contribution in [2.24, 2.45) is 7.05 Å². The molecule has 4 heterocycles. The number of hydrogen-bond acceptors (Lipinski definition) is 11. The molecule has 0 spiro atoms. The highest BCUT2D eigenvalue weighted by Crippen LogP contribution is 2.25. The molecular formula is C29H28N10O5. The third-order valence-corrected chi connectivity index (χ3v) is 6.79. The minimum Gasteiger partial charge on any atom is -0.497 e. The van der Waals surface area contributed by atoms with Crippen LogP contribution in [0, 0.1) is 6.92 Å². The lowest BCUT2D eigenvalue weighted by Gasteiger charge is -2.15. The van der Waals surface area contributed by atoms with Crippen LogP contribution in [0.15, 0.2) is 66.0 Å². The summed E-state index contributed by atoms with van der Waals surface area (Å²) in [6.07, 6.45) is 5.76. The second-order valence-corrected chi connectivity index (χ2v) is 9.69. The van der Waals surface area contributed by atoms with Crippen molar-refractivity contribution in [3.05, 3.63) is 82.8 Å². The van der Waals surface area contributed by atoms with Crippen molar-refractivity contribution < 1.29 is 19.4 Å². The molecule has 0 unspecified atom stereocenters. The first-order chi connectivity index (χ1) is 21.1. The van der Waals surface area contributed by atoms with Crippen LogP contribution in [0.3, 0.4) is 0 Å². The maximum absolute atomic E-state index is 13.3. The average Bonchev–Trinajstić information content (AvgIpc) is 3.24. The fourth-order valence-electron chi connectivity index (χ4n) is 4.46. The van der Waals surface area contributed by atoms with Gasteiger partial charge in [0, 0.05) is 20.2 Å². The van der Waals surface area contributed by atoms with Crippen LogP contribution in [0.2, 0.25) is 0 Å². The van der Waals surface area contributed by atoms with Gasteiger partial charge >= 0.3 is 5.97 Å². The molecule has 4 N–H and O–H groups in total. The Morgan fingerprint density at radius 3 is 2.52 bits per heavy atom. The van der Waals surface area contributed by atoms with E-state index in [0.29, 0.717) is 45.7 Å². The lowest BCUT2D eigenvalue weighted by molar-refractivity contribution is -0.135. The number of benzene rings is 1. The number of methoxy groups -OCH3 is 1. The molecule has 0 saturated carbocycles. The summed E-state index contributed by atoms with van der Waals surface area (Å²) in [4.78, 5) is 60.8. The Morgan fingerprint density at radius 2 is 1.82 bits per heavy atom. The van der Waals surface area contributed by atoms with E-state index in [1.165, 1.54) is 41.5 Å². The molecule has 0 aliphatic heterocycles. The number of carbonyl (C=O) groups is 2. The second-order valence-electron chi connectivity index (χ2n) is 9.69. The Hall–Kier alpha value is -6.12. The molecule has 224 valence electrons. The lowest BCUT2D eigenvalue weighted by Crippen LogP contribution is -2.26. The number of nitrogen functional groups attached to an aromatic ring is 1. The molecule has 44 heavy (non-hydrogen) atoms. The number of nitrogens with two attached hydrogens (primary N) is 1. The predicted octanol–water partition coefficient (Wildman–Crippen LogP) is 2.16. The van der Waals surface area contributed by atoms with Crippen LogP contribution < -0.4 is 26.2 Å². The number of nitrogens with zero attached hydrogens (tertiary/aromatic N) is 8. The number of rotatable bonds is 9. The number of carboxylic acid groups (broad SMARTS) is 1. The van der Waals surface area contributed by atoms with E-state index in [-0.39, 0.29) is 23.6 Å². The Bertz CT molecular complexity index is 1930. The number of anilines is 3. The van der Waals surface area contributed by atoms with Gasteiger partial charge in [-0.25, -0.2) is 19.6 Å². The minimum atomic E-state index is -1.01. The molecular weight excluding hydrogens is 568 g/mol. The number of pyridine rings is 1. The summed E-state index contributed by atoms with van der Waals surface area (Å²) in [6.45, 7) is 1.43. The van der Waals surface area contributed by atoms with E-state index in [1.54, 1.807) is 62.1 Å². The van der Waals surface area contributed by atoms with Gasteiger partial charge in [0.1, 0.15) is 40.8 Å². The van der Waals surface area contributed by atoms with Crippen LogP contribution >= 0.6 is 0 Å². The summed E-state index contributed by atoms with van der Waals surface area (Å²) in [5, 5.41) is 11.8. The highest BCUT2D eigenvalue weighted by atomic mass is 16.5. The molecule has 0 fully saturated rings. The highest BCUT2D eigenvalue weighted by molar-refractivity contribution is 6.05. The van der Waals surface area contributed by atoms with Gasteiger partial charge in [-0.2, -0.15) is 0 Å². The van der Waals surface area contributed by atoms with Crippen LogP contribution in [0.4, 0.5) is 17.3 Å². The monoisotopic (exact) mass is 596 g/mol. The van der Waals surface area contributed by atoms with Crippen LogP contribution in [-0.2, 0) is 11.8 Å². The van der Waals surface area contributed by atoms with Crippen LogP contribution in [0.25, 0.3) is 28.5 Å². The lowest BCUT2D eigenvalue weighted by atomic mass is 10.2. The third kappa shape index (κ3) is 5.78. The zero-order valence-corrected chi connectivity index (χ0v) is 24.2. The van der Waals surface area contributed by atoms with Gasteiger partial charge in [-0.3, -0.25) is 29.0 Å². The van der Waals surface area contributed by atoms with Crippen LogP contribution in [0.1, 0.15) is 16.1 Å². The van der Waals surface area contributed by atoms with Gasteiger partial charge in [0.05, 0.1) is 54.7 Å². The van der Waals surface area contributed by atoms with E-state index in [9.17, 15) is 14.4 Å². The maximum atomic E-state index is 13.3. The average molecular weight is 597 g/mol. The molecule has 1 amide bonds. The van der Waals surface area contributed by atoms with E-state index in [0.717, 1.165) is 0 Å². The van der Waals surface area contributed by atoms with Crippen molar-refractivity contribution in [1.29, 1.82) is 0 Å². The zero-order valence-electron chi connectivity index (χ0n) is 24.2. The van der Waals surface area contributed by atoms with Crippen LogP contribution in [-0.4, -0.2) is 72.0 Å². The van der Waals surface area contributed by atoms with E-state index in [2.05, 4.69) is 30.2 Å². The quantitative estimate of drug-likeness (QED) is 0.225. The number of carbonyl (C=O) groups excluding carboxylic acids is 1. The molecule has 4 aromatic heterocycles. The molecule has 1 aromatic carbocycles. The normalized spacial score (nSPS) is 10.8. The van der Waals surface area contributed by atoms with Gasteiger partial charge in [0.15, 0.2) is 5.82 Å². The van der Waals surface area contributed by atoms with Crippen molar-refractivity contribution >= 4 is 29.2 Å². The first-order valence-electron chi connectivity index (χ1n) is 13.2. The Kier molecular flexibility index (Phi) is 8.02. The second kappa shape index (κ2) is 12.0. The Morgan fingerprint density at radius 1 is 1.05 bits per heavy atom. The molecule has 0 atom stereocenters. The number of aromatic nitrogens is 7. The highest BCUT2D eigenvalue weighted by Gasteiger charge is 2.23. The fourth-order valence-corrected chi connectivity index (χ4v) is 4.46. The third-order valence-electron chi connectivity index (χ3n) is 6.79. The van der Waals surface area contributed by atoms with E-state index in [4.69, 9.17) is 15.6 Å². The number of carboxylic acids is 1. The van der Waals surface area contributed by atoms with Crippen molar-refractivity contribution in [1.82, 2.24) is 34.3 Å². The molecule has 0 aliphatic rings. The molecule has 15 heteroatoms. The Labute approximate surface area is 250 Å². The summed E-state index contributed by atoms with van der Waals surface area (Å²) in [7, 11) is 4.81. The summed E-state index contributed by atoms with van der Waals surface area (Å²) in [5.41, 5.74) is 8.32. The number of likely N-dealkylation sites (N-methyl/N-ethyl adjacent to an activating group) is 1. The van der Waals surface area contributed by atoms with Gasteiger partial charge < -0.3 is 25.8 Å².